The van der Waals surface area contributed by atoms with Crippen molar-refractivity contribution in [1.29, 1.82) is 0 Å². The van der Waals surface area contributed by atoms with Gasteiger partial charge in [0.25, 0.3) is 0 Å². The summed E-state index contributed by atoms with van der Waals surface area (Å²) < 4.78 is 3.74. The van der Waals surface area contributed by atoms with Gasteiger partial charge in [-0.25, -0.2) is 0 Å². The minimum atomic E-state index is -0.0131. The molecule has 1 N–H and O–H groups in total. The van der Waals surface area contributed by atoms with Gasteiger partial charge in [-0.1, -0.05) is 11.6 Å². The topological polar surface area (TPSA) is 50.9 Å². The highest BCUT2D eigenvalue weighted by molar-refractivity contribution is 6.31. The van der Waals surface area contributed by atoms with E-state index in [1.54, 1.807) is 10.9 Å². The quantitative estimate of drug-likeness (QED) is 0.868. The Kier molecular flexibility index (Phi) is 4.80. The first kappa shape index (κ1) is 15.0. The second kappa shape index (κ2) is 6.39. The lowest BCUT2D eigenvalue weighted by Crippen LogP contribution is -2.25. The van der Waals surface area contributed by atoms with Crippen molar-refractivity contribution in [1.82, 2.24) is 29.8 Å². The molecule has 2 aromatic heterocycles. The minimum absolute atomic E-state index is 0.0131. The van der Waals surface area contributed by atoms with Crippen molar-refractivity contribution >= 4 is 11.6 Å². The molecule has 2 rings (SSSR count). The van der Waals surface area contributed by atoms with Crippen LogP contribution >= 0.6 is 11.6 Å². The lowest BCUT2D eigenvalue weighted by molar-refractivity contribution is 0.366. The standard InChI is InChI=1S/C13H21ClN6/c1-15-12(10-7-16-19(4)9-10)13-11(14)8-17-20(13)6-5-18(2)3/h7-9,12,15H,5-6H2,1-4H3. The van der Waals surface area contributed by atoms with Crippen LogP contribution in [0.1, 0.15) is 17.3 Å². The summed E-state index contributed by atoms with van der Waals surface area (Å²) in [5, 5.41) is 12.6. The Labute approximate surface area is 124 Å². The largest absolute Gasteiger partial charge is 0.308 e. The highest BCUT2D eigenvalue weighted by Crippen LogP contribution is 2.27. The van der Waals surface area contributed by atoms with Crippen LogP contribution in [-0.4, -0.2) is 52.1 Å². The molecule has 0 spiro atoms. The number of halogens is 1. The Hall–Kier alpha value is -1.37. The molecule has 1 atom stereocenters. The van der Waals surface area contributed by atoms with Gasteiger partial charge in [-0.15, -0.1) is 0 Å². The Morgan fingerprint density at radius 1 is 1.35 bits per heavy atom. The van der Waals surface area contributed by atoms with Gasteiger partial charge in [-0.05, 0) is 21.1 Å². The summed E-state index contributed by atoms with van der Waals surface area (Å²) in [6.45, 7) is 1.71. The fourth-order valence-corrected chi connectivity index (χ4v) is 2.43. The van der Waals surface area contributed by atoms with Crippen LogP contribution in [0.3, 0.4) is 0 Å². The molecule has 0 aliphatic rings. The zero-order valence-corrected chi connectivity index (χ0v) is 13.1. The summed E-state index contributed by atoms with van der Waals surface area (Å²) in [7, 11) is 7.90. The number of aromatic nitrogens is 4. The number of rotatable bonds is 6. The van der Waals surface area contributed by atoms with E-state index >= 15 is 0 Å². The van der Waals surface area contributed by atoms with E-state index in [-0.39, 0.29) is 6.04 Å². The molecule has 0 amide bonds. The number of nitrogens with one attached hydrogen (secondary N) is 1. The van der Waals surface area contributed by atoms with E-state index in [1.807, 2.05) is 45.3 Å². The third kappa shape index (κ3) is 3.20. The first-order chi connectivity index (χ1) is 9.52. The molecule has 0 aromatic carbocycles. The van der Waals surface area contributed by atoms with Gasteiger partial charge in [-0.3, -0.25) is 9.36 Å². The summed E-state index contributed by atoms with van der Waals surface area (Å²) in [6, 6.07) is -0.0131. The molecule has 2 heterocycles. The fraction of sp³-hybridized carbons (Fsp3) is 0.538. The summed E-state index contributed by atoms with van der Waals surface area (Å²) >= 11 is 6.33. The Balaban J connectivity index is 2.31. The number of likely N-dealkylation sites (N-methyl/N-ethyl adjacent to an activating group) is 1. The molecule has 0 radical (unpaired) electrons. The molecular weight excluding hydrogens is 276 g/mol. The Morgan fingerprint density at radius 2 is 2.10 bits per heavy atom. The van der Waals surface area contributed by atoms with Crippen LogP contribution < -0.4 is 5.32 Å². The van der Waals surface area contributed by atoms with Crippen molar-refractivity contribution in [2.24, 2.45) is 7.05 Å². The van der Waals surface area contributed by atoms with Gasteiger partial charge in [0.15, 0.2) is 0 Å². The molecule has 1 unspecified atom stereocenters. The van der Waals surface area contributed by atoms with Crippen LogP contribution in [0.4, 0.5) is 0 Å². The molecule has 0 fully saturated rings. The second-order valence-electron chi connectivity index (χ2n) is 5.07. The second-order valence-corrected chi connectivity index (χ2v) is 5.48. The highest BCUT2D eigenvalue weighted by atomic mass is 35.5. The maximum absolute atomic E-state index is 6.33. The number of aryl methyl sites for hydroxylation is 1. The number of nitrogens with zero attached hydrogens (tertiary/aromatic N) is 5. The third-order valence-corrected chi connectivity index (χ3v) is 3.50. The molecular formula is C13H21ClN6. The van der Waals surface area contributed by atoms with Crippen LogP contribution in [0.2, 0.25) is 5.02 Å². The van der Waals surface area contributed by atoms with Gasteiger partial charge >= 0.3 is 0 Å². The zero-order chi connectivity index (χ0) is 14.7. The predicted octanol–water partition coefficient (Wildman–Crippen LogP) is 1.14. The van der Waals surface area contributed by atoms with Gasteiger partial charge in [0.1, 0.15) is 0 Å². The number of hydrogen-bond acceptors (Lipinski definition) is 4. The van der Waals surface area contributed by atoms with E-state index < -0.39 is 0 Å². The fourth-order valence-electron chi connectivity index (χ4n) is 2.18. The Bertz CT molecular complexity index is 559. The molecule has 0 saturated heterocycles. The average molecular weight is 297 g/mol. The van der Waals surface area contributed by atoms with Crippen LogP contribution in [-0.2, 0) is 13.6 Å². The van der Waals surface area contributed by atoms with Gasteiger partial charge < -0.3 is 10.2 Å². The monoisotopic (exact) mass is 296 g/mol. The van der Waals surface area contributed by atoms with Crippen LogP contribution in [0.15, 0.2) is 18.6 Å². The molecule has 0 saturated carbocycles. The van der Waals surface area contributed by atoms with E-state index in [0.29, 0.717) is 5.02 Å². The van der Waals surface area contributed by atoms with Gasteiger partial charge in [0, 0.05) is 25.4 Å². The molecule has 0 bridgehead atoms. The minimum Gasteiger partial charge on any atom is -0.308 e. The van der Waals surface area contributed by atoms with Crippen molar-refractivity contribution < 1.29 is 0 Å². The summed E-state index contributed by atoms with van der Waals surface area (Å²) in [4.78, 5) is 2.12. The molecule has 0 aliphatic carbocycles. The molecule has 20 heavy (non-hydrogen) atoms. The van der Waals surface area contributed by atoms with Crippen LogP contribution in [0, 0.1) is 0 Å². The van der Waals surface area contributed by atoms with E-state index in [4.69, 9.17) is 11.6 Å². The van der Waals surface area contributed by atoms with Crippen molar-refractivity contribution in [2.45, 2.75) is 12.6 Å². The SMILES string of the molecule is CNC(c1cnn(C)c1)c1c(Cl)cnn1CCN(C)C. The average Bonchev–Trinajstić information content (AvgIpc) is 2.97. The Morgan fingerprint density at radius 3 is 2.65 bits per heavy atom. The van der Waals surface area contributed by atoms with Crippen molar-refractivity contribution in [3.8, 4) is 0 Å². The first-order valence-electron chi connectivity index (χ1n) is 6.54. The lowest BCUT2D eigenvalue weighted by Gasteiger charge is -2.18. The maximum atomic E-state index is 6.33. The lowest BCUT2D eigenvalue weighted by atomic mass is 10.1. The van der Waals surface area contributed by atoms with E-state index in [0.717, 1.165) is 24.3 Å². The maximum Gasteiger partial charge on any atom is 0.0837 e. The van der Waals surface area contributed by atoms with Gasteiger partial charge in [-0.2, -0.15) is 10.2 Å². The van der Waals surface area contributed by atoms with E-state index in [9.17, 15) is 0 Å². The van der Waals surface area contributed by atoms with Gasteiger partial charge in [0.05, 0.1) is 35.7 Å². The molecule has 6 nitrogen and oxygen atoms in total. The predicted molar refractivity (Wildman–Crippen MR) is 79.9 cm³/mol. The molecule has 7 heteroatoms. The third-order valence-electron chi connectivity index (χ3n) is 3.21. The van der Waals surface area contributed by atoms with Crippen molar-refractivity contribution in [2.75, 3.05) is 27.7 Å². The number of hydrogen-bond donors (Lipinski definition) is 1. The van der Waals surface area contributed by atoms with E-state index in [2.05, 4.69) is 20.4 Å². The van der Waals surface area contributed by atoms with Crippen molar-refractivity contribution in [3.63, 3.8) is 0 Å². The highest BCUT2D eigenvalue weighted by Gasteiger charge is 2.21. The van der Waals surface area contributed by atoms with Crippen molar-refractivity contribution in [3.05, 3.63) is 34.9 Å². The van der Waals surface area contributed by atoms with Crippen LogP contribution in [0.5, 0.6) is 0 Å². The first-order valence-corrected chi connectivity index (χ1v) is 6.92. The molecule has 2 aromatic rings. The molecule has 110 valence electrons. The van der Waals surface area contributed by atoms with Gasteiger partial charge in [0.2, 0.25) is 0 Å². The normalized spacial score (nSPS) is 13.1. The van der Waals surface area contributed by atoms with E-state index in [1.165, 1.54) is 0 Å². The smallest absolute Gasteiger partial charge is 0.0837 e. The summed E-state index contributed by atoms with van der Waals surface area (Å²) in [5.41, 5.74) is 2.05. The van der Waals surface area contributed by atoms with Crippen LogP contribution in [0.25, 0.3) is 0 Å². The molecule has 0 aliphatic heterocycles. The summed E-state index contributed by atoms with van der Waals surface area (Å²) in [6.07, 6.45) is 5.54. The zero-order valence-electron chi connectivity index (χ0n) is 12.3. The summed E-state index contributed by atoms with van der Waals surface area (Å²) in [5.74, 6) is 0.